The van der Waals surface area contributed by atoms with Crippen LogP contribution in [0.25, 0.3) is 0 Å². The van der Waals surface area contributed by atoms with Gasteiger partial charge >= 0.3 is 6.18 Å². The van der Waals surface area contributed by atoms with Crippen LogP contribution in [0.3, 0.4) is 0 Å². The Labute approximate surface area is 149 Å². The summed E-state index contributed by atoms with van der Waals surface area (Å²) in [6, 6.07) is 3.07. The van der Waals surface area contributed by atoms with Gasteiger partial charge in [-0.3, -0.25) is 9.59 Å². The Morgan fingerprint density at radius 1 is 1.24 bits per heavy atom. The summed E-state index contributed by atoms with van der Waals surface area (Å²) < 4.78 is 39.6. The molecule has 0 aromatic heterocycles. The van der Waals surface area contributed by atoms with Crippen molar-refractivity contribution in [2.24, 2.45) is 0 Å². The van der Waals surface area contributed by atoms with Crippen molar-refractivity contribution in [3.63, 3.8) is 0 Å². The molecule has 2 amide bonds. The van der Waals surface area contributed by atoms with E-state index in [1.54, 1.807) is 0 Å². The van der Waals surface area contributed by atoms with E-state index in [9.17, 15) is 22.8 Å². The zero-order valence-electron chi connectivity index (χ0n) is 14.3. The van der Waals surface area contributed by atoms with E-state index < -0.39 is 35.8 Å². The van der Waals surface area contributed by atoms with E-state index in [1.165, 1.54) is 6.07 Å². The van der Waals surface area contributed by atoms with Crippen LogP contribution in [0, 0.1) is 0 Å². The maximum atomic E-state index is 13.2. The predicted molar refractivity (Wildman–Crippen MR) is 90.7 cm³/mol. The molecule has 0 atom stereocenters. The topological polar surface area (TPSA) is 52.7 Å². The first-order valence-corrected chi connectivity index (χ1v) is 7.96. The molecule has 5 nitrogen and oxygen atoms in total. The summed E-state index contributed by atoms with van der Waals surface area (Å²) in [4.78, 5) is 26.5. The van der Waals surface area contributed by atoms with Crippen LogP contribution in [0.2, 0.25) is 5.02 Å². The average Bonchev–Trinajstić information content (AvgIpc) is 2.48. The van der Waals surface area contributed by atoms with Crippen LogP contribution >= 0.6 is 11.6 Å². The molecule has 1 aromatic carbocycles. The molecule has 0 aliphatic rings. The summed E-state index contributed by atoms with van der Waals surface area (Å²) >= 11 is 5.64. The molecule has 140 valence electrons. The molecule has 1 aromatic rings. The monoisotopic (exact) mass is 379 g/mol. The minimum atomic E-state index is -4.70. The third kappa shape index (κ3) is 6.91. The Kier molecular flexibility index (Phi) is 7.69. The number of amides is 2. The number of rotatable bonds is 7. The van der Waals surface area contributed by atoms with Crippen LogP contribution in [0.4, 0.5) is 18.9 Å². The Bertz CT molecular complexity index is 621. The summed E-state index contributed by atoms with van der Waals surface area (Å²) in [5, 5.41) is 2.49. The summed E-state index contributed by atoms with van der Waals surface area (Å²) in [7, 11) is 3.77. The Morgan fingerprint density at radius 2 is 1.88 bits per heavy atom. The number of benzene rings is 1. The fourth-order valence-corrected chi connectivity index (χ4v) is 2.33. The van der Waals surface area contributed by atoms with Crippen LogP contribution < -0.4 is 10.2 Å². The Balaban J connectivity index is 2.91. The first-order valence-electron chi connectivity index (χ1n) is 7.58. The summed E-state index contributed by atoms with van der Waals surface area (Å²) in [5.74, 6) is -1.20. The molecular weight excluding hydrogens is 359 g/mol. The zero-order chi connectivity index (χ0) is 19.2. The third-order valence-corrected chi connectivity index (χ3v) is 3.58. The smallest absolute Gasteiger partial charge is 0.355 e. The van der Waals surface area contributed by atoms with Gasteiger partial charge in [0.15, 0.2) is 0 Å². The standard InChI is InChI=1S/C16H21ClF3N3O2/c1-11(24)23(10-15(25)21-7-4-8-22(2)3)14-6-5-12(17)9-13(14)16(18,19)20/h5-6,9H,4,7-8,10H2,1-3H3,(H,21,25). The molecular formula is C16H21ClF3N3O2. The maximum Gasteiger partial charge on any atom is 0.418 e. The van der Waals surface area contributed by atoms with Crippen molar-refractivity contribution in [1.82, 2.24) is 10.2 Å². The number of anilines is 1. The van der Waals surface area contributed by atoms with Crippen LogP contribution in [-0.2, 0) is 15.8 Å². The molecule has 0 aliphatic carbocycles. The van der Waals surface area contributed by atoms with E-state index in [2.05, 4.69) is 5.32 Å². The second-order valence-corrected chi connectivity index (χ2v) is 6.21. The quantitative estimate of drug-likeness (QED) is 0.741. The van der Waals surface area contributed by atoms with Gasteiger partial charge in [0.2, 0.25) is 11.8 Å². The number of alkyl halides is 3. The van der Waals surface area contributed by atoms with E-state index in [0.717, 1.165) is 30.5 Å². The number of hydrogen-bond acceptors (Lipinski definition) is 3. The van der Waals surface area contributed by atoms with Crippen molar-refractivity contribution >= 4 is 29.1 Å². The molecule has 0 spiro atoms. The van der Waals surface area contributed by atoms with Gasteiger partial charge < -0.3 is 15.1 Å². The van der Waals surface area contributed by atoms with Crippen molar-refractivity contribution in [3.05, 3.63) is 28.8 Å². The molecule has 9 heteroatoms. The van der Waals surface area contributed by atoms with E-state index in [4.69, 9.17) is 11.6 Å². The Hall–Kier alpha value is -1.80. The molecule has 0 saturated heterocycles. The highest BCUT2D eigenvalue weighted by Gasteiger charge is 2.36. The lowest BCUT2D eigenvalue weighted by Gasteiger charge is -2.24. The highest BCUT2D eigenvalue weighted by Crippen LogP contribution is 2.38. The average molecular weight is 380 g/mol. The lowest BCUT2D eigenvalue weighted by atomic mass is 10.1. The molecule has 1 rings (SSSR count). The molecule has 0 aliphatic heterocycles. The van der Waals surface area contributed by atoms with E-state index in [-0.39, 0.29) is 5.02 Å². The van der Waals surface area contributed by atoms with Gasteiger partial charge in [-0.05, 0) is 45.3 Å². The molecule has 0 fully saturated rings. The van der Waals surface area contributed by atoms with Gasteiger partial charge in [0, 0.05) is 18.5 Å². The number of nitrogens with zero attached hydrogens (tertiary/aromatic N) is 2. The Morgan fingerprint density at radius 3 is 2.40 bits per heavy atom. The van der Waals surface area contributed by atoms with Crippen LogP contribution in [0.5, 0.6) is 0 Å². The van der Waals surface area contributed by atoms with Gasteiger partial charge in [-0.2, -0.15) is 13.2 Å². The lowest BCUT2D eigenvalue weighted by molar-refractivity contribution is -0.137. The summed E-state index contributed by atoms with van der Waals surface area (Å²) in [6.45, 7) is 1.73. The largest absolute Gasteiger partial charge is 0.418 e. The third-order valence-electron chi connectivity index (χ3n) is 3.34. The van der Waals surface area contributed by atoms with Crippen molar-refractivity contribution in [1.29, 1.82) is 0 Å². The number of nitrogens with one attached hydrogen (secondary N) is 1. The van der Waals surface area contributed by atoms with Gasteiger partial charge in [0.25, 0.3) is 0 Å². The minimum absolute atomic E-state index is 0.104. The van der Waals surface area contributed by atoms with Crippen molar-refractivity contribution in [2.45, 2.75) is 19.5 Å². The number of carbonyl (C=O) groups is 2. The van der Waals surface area contributed by atoms with Crippen LogP contribution in [-0.4, -0.2) is 50.4 Å². The van der Waals surface area contributed by atoms with Crippen molar-refractivity contribution < 1.29 is 22.8 Å². The van der Waals surface area contributed by atoms with Gasteiger partial charge in [-0.15, -0.1) is 0 Å². The fourth-order valence-electron chi connectivity index (χ4n) is 2.16. The van der Waals surface area contributed by atoms with Gasteiger partial charge in [-0.25, -0.2) is 0 Å². The predicted octanol–water partition coefficient (Wildman–Crippen LogP) is 2.78. The maximum absolute atomic E-state index is 13.2. The highest BCUT2D eigenvalue weighted by molar-refractivity contribution is 6.30. The molecule has 0 unspecified atom stereocenters. The zero-order valence-corrected chi connectivity index (χ0v) is 15.0. The van der Waals surface area contributed by atoms with Gasteiger partial charge in [-0.1, -0.05) is 11.6 Å². The normalized spacial score (nSPS) is 11.5. The minimum Gasteiger partial charge on any atom is -0.355 e. The molecule has 1 N–H and O–H groups in total. The highest BCUT2D eigenvalue weighted by atomic mass is 35.5. The van der Waals surface area contributed by atoms with Gasteiger partial charge in [0.1, 0.15) is 6.54 Å². The molecule has 0 radical (unpaired) electrons. The second-order valence-electron chi connectivity index (χ2n) is 5.77. The van der Waals surface area contributed by atoms with Crippen LogP contribution in [0.1, 0.15) is 18.9 Å². The van der Waals surface area contributed by atoms with Crippen molar-refractivity contribution in [2.75, 3.05) is 38.6 Å². The van der Waals surface area contributed by atoms with Gasteiger partial charge in [0.05, 0.1) is 11.3 Å². The van der Waals surface area contributed by atoms with E-state index in [0.29, 0.717) is 13.0 Å². The number of carbonyl (C=O) groups excluding carboxylic acids is 2. The number of hydrogen-bond donors (Lipinski definition) is 1. The number of halogens is 4. The van der Waals surface area contributed by atoms with E-state index >= 15 is 0 Å². The molecule has 0 saturated carbocycles. The molecule has 0 bridgehead atoms. The SMILES string of the molecule is CC(=O)N(CC(=O)NCCCN(C)C)c1ccc(Cl)cc1C(F)(F)F. The summed E-state index contributed by atoms with van der Waals surface area (Å²) in [6.07, 6.45) is -4.01. The molecule has 0 heterocycles. The first kappa shape index (κ1) is 21.2. The van der Waals surface area contributed by atoms with Crippen LogP contribution in [0.15, 0.2) is 18.2 Å². The summed E-state index contributed by atoms with van der Waals surface area (Å²) in [5.41, 5.74) is -1.46. The first-order chi connectivity index (χ1) is 11.5. The fraction of sp³-hybridized carbons (Fsp3) is 0.500. The second kappa shape index (κ2) is 9.05. The van der Waals surface area contributed by atoms with E-state index in [1.807, 2.05) is 19.0 Å². The van der Waals surface area contributed by atoms with Crippen molar-refractivity contribution in [3.8, 4) is 0 Å². The lowest BCUT2D eigenvalue weighted by Crippen LogP contribution is -2.41. The molecule has 25 heavy (non-hydrogen) atoms.